The summed E-state index contributed by atoms with van der Waals surface area (Å²) < 4.78 is 61.4. The summed E-state index contributed by atoms with van der Waals surface area (Å²) >= 11 is 0. The number of hydrogen-bond acceptors (Lipinski definition) is 2. The molecule has 30 heavy (non-hydrogen) atoms. The molecule has 0 radical (unpaired) electrons. The predicted molar refractivity (Wildman–Crippen MR) is 108 cm³/mol. The molecule has 0 N–H and O–H groups in total. The molecule has 0 aliphatic rings. The number of benzene rings is 3. The molecule has 3 rings (SSSR count). The van der Waals surface area contributed by atoms with E-state index < -0.39 is 23.3 Å². The van der Waals surface area contributed by atoms with Gasteiger partial charge < -0.3 is 4.74 Å². The van der Waals surface area contributed by atoms with Crippen LogP contribution in [0.1, 0.15) is 34.0 Å². The van der Waals surface area contributed by atoms with E-state index >= 15 is 0 Å². The monoisotopic (exact) mass is 414 g/mol. The zero-order chi connectivity index (χ0) is 21.7. The second-order valence-corrected chi connectivity index (χ2v) is 6.48. The summed E-state index contributed by atoms with van der Waals surface area (Å²) in [6.07, 6.45) is 3.16. The van der Waals surface area contributed by atoms with Crippen molar-refractivity contribution in [2.24, 2.45) is 0 Å². The van der Waals surface area contributed by atoms with Crippen molar-refractivity contribution in [3.05, 3.63) is 94.1 Å². The maximum atomic E-state index is 14.4. The Morgan fingerprint density at radius 2 is 1.43 bits per heavy atom. The van der Waals surface area contributed by atoms with Crippen molar-refractivity contribution in [1.29, 1.82) is 0 Å². The van der Waals surface area contributed by atoms with Gasteiger partial charge in [-0.1, -0.05) is 54.6 Å². The SMILES string of the molecule is CCOCc1ccc(-c2ccc(/C=C/c3ccc(C=O)c(F)c3F)cc2)c(F)c1F. The molecule has 154 valence electrons. The van der Waals surface area contributed by atoms with Gasteiger partial charge >= 0.3 is 0 Å². The van der Waals surface area contributed by atoms with E-state index in [0.717, 1.165) is 0 Å². The van der Waals surface area contributed by atoms with Crippen LogP contribution in [0.2, 0.25) is 0 Å². The third kappa shape index (κ3) is 4.49. The highest BCUT2D eigenvalue weighted by Crippen LogP contribution is 2.27. The first-order chi connectivity index (χ1) is 14.5. The molecule has 0 fully saturated rings. The van der Waals surface area contributed by atoms with Gasteiger partial charge in [-0.3, -0.25) is 4.79 Å². The van der Waals surface area contributed by atoms with Gasteiger partial charge in [-0.15, -0.1) is 0 Å². The summed E-state index contributed by atoms with van der Waals surface area (Å²) in [5.41, 5.74) is 1.01. The van der Waals surface area contributed by atoms with Gasteiger partial charge in [-0.05, 0) is 24.1 Å². The van der Waals surface area contributed by atoms with E-state index in [9.17, 15) is 22.4 Å². The Bertz CT molecular complexity index is 1090. The van der Waals surface area contributed by atoms with E-state index in [1.54, 1.807) is 37.3 Å². The number of hydrogen-bond donors (Lipinski definition) is 0. The van der Waals surface area contributed by atoms with Gasteiger partial charge in [0, 0.05) is 23.3 Å². The largest absolute Gasteiger partial charge is 0.377 e. The molecule has 3 aromatic rings. The van der Waals surface area contributed by atoms with Crippen molar-refractivity contribution in [3.8, 4) is 11.1 Å². The number of halogens is 4. The van der Waals surface area contributed by atoms with Gasteiger partial charge in [-0.2, -0.15) is 0 Å². The fourth-order valence-corrected chi connectivity index (χ4v) is 2.89. The maximum absolute atomic E-state index is 14.4. The van der Waals surface area contributed by atoms with Crippen molar-refractivity contribution >= 4 is 18.4 Å². The van der Waals surface area contributed by atoms with Crippen LogP contribution in [0.5, 0.6) is 0 Å². The van der Waals surface area contributed by atoms with E-state index in [1.807, 2.05) is 0 Å². The van der Waals surface area contributed by atoms with Crippen molar-refractivity contribution in [2.75, 3.05) is 6.61 Å². The molecule has 3 aromatic carbocycles. The number of rotatable bonds is 7. The second kappa shape index (κ2) is 9.50. The fourth-order valence-electron chi connectivity index (χ4n) is 2.89. The lowest BCUT2D eigenvalue weighted by Crippen LogP contribution is -2.00. The Morgan fingerprint density at radius 3 is 2.10 bits per heavy atom. The average Bonchev–Trinajstić information content (AvgIpc) is 2.76. The third-order valence-electron chi connectivity index (χ3n) is 4.57. The van der Waals surface area contributed by atoms with Crippen LogP contribution in [-0.2, 0) is 11.3 Å². The molecule has 0 spiro atoms. The molecule has 0 heterocycles. The smallest absolute Gasteiger partial charge is 0.169 e. The number of carbonyl (C=O) groups excluding carboxylic acids is 1. The summed E-state index contributed by atoms with van der Waals surface area (Å²) in [6.45, 7) is 2.16. The molecule has 0 bridgehead atoms. The topological polar surface area (TPSA) is 26.3 Å². The molecular formula is C24H18F4O2. The van der Waals surface area contributed by atoms with E-state index in [2.05, 4.69) is 0 Å². The van der Waals surface area contributed by atoms with Crippen molar-refractivity contribution in [2.45, 2.75) is 13.5 Å². The summed E-state index contributed by atoms with van der Waals surface area (Å²) in [5, 5.41) is 0. The van der Waals surface area contributed by atoms with Gasteiger partial charge in [0.25, 0.3) is 0 Å². The fraction of sp³-hybridized carbons (Fsp3) is 0.125. The van der Waals surface area contributed by atoms with Crippen LogP contribution in [-0.4, -0.2) is 12.9 Å². The number of ether oxygens (including phenoxy) is 1. The maximum Gasteiger partial charge on any atom is 0.169 e. The molecule has 0 aliphatic heterocycles. The van der Waals surface area contributed by atoms with Crippen LogP contribution in [0, 0.1) is 23.3 Å². The quantitative estimate of drug-likeness (QED) is 0.253. The van der Waals surface area contributed by atoms with Gasteiger partial charge in [-0.25, -0.2) is 17.6 Å². The van der Waals surface area contributed by atoms with Crippen LogP contribution in [0.3, 0.4) is 0 Å². The lowest BCUT2D eigenvalue weighted by Gasteiger charge is -2.09. The Labute approximate surface area is 171 Å². The van der Waals surface area contributed by atoms with Crippen LogP contribution in [0.4, 0.5) is 17.6 Å². The summed E-state index contributed by atoms with van der Waals surface area (Å²) in [6, 6.07) is 12.0. The normalized spacial score (nSPS) is 11.2. The molecule has 0 unspecified atom stereocenters. The molecule has 2 nitrogen and oxygen atoms in total. The zero-order valence-corrected chi connectivity index (χ0v) is 16.1. The first-order valence-corrected chi connectivity index (χ1v) is 9.22. The first kappa shape index (κ1) is 21.5. The molecule has 6 heteroatoms. The number of carbonyl (C=O) groups is 1. The standard InChI is InChI=1S/C24H18F4O2/c1-2-30-14-19-11-12-20(24(28)23(19)27)16-6-3-15(4-7-16)5-8-17-9-10-18(13-29)22(26)21(17)25/h3-13H,2,14H2,1H3/b8-5+. The van der Waals surface area contributed by atoms with E-state index in [-0.39, 0.29) is 35.1 Å². The summed E-state index contributed by atoms with van der Waals surface area (Å²) in [5.74, 6) is -4.21. The Kier molecular flexibility index (Phi) is 6.79. The van der Waals surface area contributed by atoms with Gasteiger partial charge in [0.1, 0.15) is 0 Å². The Hall–Kier alpha value is -3.25. The van der Waals surface area contributed by atoms with Crippen LogP contribution in [0.15, 0.2) is 48.5 Å². The highest BCUT2D eigenvalue weighted by Gasteiger charge is 2.15. The van der Waals surface area contributed by atoms with Gasteiger partial charge in [0.15, 0.2) is 29.6 Å². The first-order valence-electron chi connectivity index (χ1n) is 9.22. The minimum atomic E-state index is -1.20. The highest BCUT2D eigenvalue weighted by atomic mass is 19.2. The predicted octanol–water partition coefficient (Wildman–Crippen LogP) is 6.43. The van der Waals surface area contributed by atoms with Gasteiger partial charge in [0.2, 0.25) is 0 Å². The van der Waals surface area contributed by atoms with Crippen LogP contribution >= 0.6 is 0 Å². The van der Waals surface area contributed by atoms with E-state index in [4.69, 9.17) is 4.74 Å². The lowest BCUT2D eigenvalue weighted by molar-refractivity contribution is 0.111. The molecule has 0 saturated carbocycles. The van der Waals surface area contributed by atoms with Crippen LogP contribution in [0.25, 0.3) is 23.3 Å². The molecular weight excluding hydrogens is 396 g/mol. The van der Waals surface area contributed by atoms with Crippen molar-refractivity contribution in [1.82, 2.24) is 0 Å². The van der Waals surface area contributed by atoms with Crippen molar-refractivity contribution in [3.63, 3.8) is 0 Å². The van der Waals surface area contributed by atoms with Crippen molar-refractivity contribution < 1.29 is 27.1 Å². The molecule has 0 aromatic heterocycles. The second-order valence-electron chi connectivity index (χ2n) is 6.48. The molecule has 0 saturated heterocycles. The summed E-state index contributed by atoms with van der Waals surface area (Å²) in [7, 11) is 0. The minimum Gasteiger partial charge on any atom is -0.377 e. The minimum absolute atomic E-state index is 0.00571. The van der Waals surface area contributed by atoms with E-state index in [0.29, 0.717) is 17.7 Å². The highest BCUT2D eigenvalue weighted by molar-refractivity contribution is 5.78. The Balaban J connectivity index is 1.82. The molecule has 0 aliphatic carbocycles. The number of aldehydes is 1. The van der Waals surface area contributed by atoms with Gasteiger partial charge in [0.05, 0.1) is 12.2 Å². The molecule has 0 amide bonds. The summed E-state index contributed by atoms with van der Waals surface area (Å²) in [4.78, 5) is 10.6. The third-order valence-corrected chi connectivity index (χ3v) is 4.57. The lowest BCUT2D eigenvalue weighted by atomic mass is 10.0. The average molecular weight is 414 g/mol. The van der Waals surface area contributed by atoms with E-state index in [1.165, 1.54) is 30.3 Å². The Morgan fingerprint density at radius 1 is 0.767 bits per heavy atom. The molecule has 0 atom stereocenters. The van der Waals surface area contributed by atoms with Crippen LogP contribution < -0.4 is 0 Å². The zero-order valence-electron chi connectivity index (χ0n) is 16.1.